The summed E-state index contributed by atoms with van der Waals surface area (Å²) in [4.78, 5) is 10.6. The number of imidazole rings is 1. The summed E-state index contributed by atoms with van der Waals surface area (Å²) >= 11 is 0. The number of aromatic nitrogens is 2. The highest BCUT2D eigenvalue weighted by atomic mass is 15.1. The first kappa shape index (κ1) is 12.7. The average molecular weight is 257 g/mol. The van der Waals surface area contributed by atoms with Crippen LogP contribution in [-0.4, -0.2) is 34.0 Å². The van der Waals surface area contributed by atoms with E-state index in [1.165, 1.54) is 29.7 Å². The number of H-pyrrole nitrogens is 1. The van der Waals surface area contributed by atoms with Crippen molar-refractivity contribution in [1.29, 1.82) is 0 Å². The summed E-state index contributed by atoms with van der Waals surface area (Å²) in [6.07, 6.45) is 3.28. The van der Waals surface area contributed by atoms with Crippen LogP contribution >= 0.6 is 0 Å². The summed E-state index contributed by atoms with van der Waals surface area (Å²) in [6.45, 7) is 9.06. The minimum absolute atomic E-state index is 0.643. The molecular formula is C16H23N3. The Bertz CT molecular complexity index is 538. The van der Waals surface area contributed by atoms with Gasteiger partial charge in [-0.15, -0.1) is 0 Å². The number of rotatable bonds is 2. The summed E-state index contributed by atoms with van der Waals surface area (Å²) in [5, 5.41) is 0. The van der Waals surface area contributed by atoms with Crippen LogP contribution in [0.15, 0.2) is 12.1 Å². The van der Waals surface area contributed by atoms with E-state index < -0.39 is 0 Å². The maximum atomic E-state index is 4.65. The van der Waals surface area contributed by atoms with Crippen LogP contribution in [-0.2, 0) is 19.3 Å². The Morgan fingerprint density at radius 1 is 1.21 bits per heavy atom. The molecule has 102 valence electrons. The molecule has 2 aromatic rings. The summed E-state index contributed by atoms with van der Waals surface area (Å²) in [5.74, 6) is 1.10. The van der Waals surface area contributed by atoms with Crippen LogP contribution in [0.5, 0.6) is 0 Å². The Labute approximate surface area is 115 Å². The second-order valence-corrected chi connectivity index (χ2v) is 5.80. The van der Waals surface area contributed by atoms with Crippen molar-refractivity contribution in [2.45, 2.75) is 46.1 Å². The normalized spacial score (nSPS) is 16.8. The summed E-state index contributed by atoms with van der Waals surface area (Å²) in [7, 11) is 0. The molecule has 0 spiro atoms. The molecule has 0 atom stereocenters. The molecule has 0 amide bonds. The van der Waals surface area contributed by atoms with Gasteiger partial charge < -0.3 is 9.88 Å². The first-order valence-corrected chi connectivity index (χ1v) is 7.42. The molecular weight excluding hydrogens is 234 g/mol. The number of nitrogens with zero attached hydrogens (tertiary/aromatic N) is 2. The quantitative estimate of drug-likeness (QED) is 0.897. The SMILES string of the molecule is CCc1nc2cc3c(cc2[nH]1)CCN(C(C)C)CC3. The molecule has 1 aliphatic heterocycles. The molecule has 0 aliphatic carbocycles. The lowest BCUT2D eigenvalue weighted by Gasteiger charge is -2.23. The van der Waals surface area contributed by atoms with Crippen molar-refractivity contribution in [3.63, 3.8) is 0 Å². The lowest BCUT2D eigenvalue weighted by Crippen LogP contribution is -2.32. The van der Waals surface area contributed by atoms with Crippen molar-refractivity contribution in [1.82, 2.24) is 14.9 Å². The second kappa shape index (κ2) is 4.97. The first-order chi connectivity index (χ1) is 9.17. The van der Waals surface area contributed by atoms with Crippen molar-refractivity contribution in [3.8, 4) is 0 Å². The largest absolute Gasteiger partial charge is 0.342 e. The number of aromatic amines is 1. The number of fused-ring (bicyclic) bond motifs is 2. The van der Waals surface area contributed by atoms with E-state index in [1.54, 1.807) is 0 Å². The van der Waals surface area contributed by atoms with E-state index in [0.717, 1.165) is 30.6 Å². The Balaban J connectivity index is 1.95. The molecule has 1 aromatic heterocycles. The number of nitrogens with one attached hydrogen (secondary N) is 1. The van der Waals surface area contributed by atoms with Gasteiger partial charge in [0.25, 0.3) is 0 Å². The van der Waals surface area contributed by atoms with Gasteiger partial charge in [-0.1, -0.05) is 6.92 Å². The molecule has 1 N–H and O–H groups in total. The van der Waals surface area contributed by atoms with Crippen LogP contribution in [0.2, 0.25) is 0 Å². The van der Waals surface area contributed by atoms with E-state index in [2.05, 4.69) is 47.8 Å². The van der Waals surface area contributed by atoms with E-state index in [-0.39, 0.29) is 0 Å². The molecule has 0 bridgehead atoms. The molecule has 0 saturated carbocycles. The molecule has 3 heteroatoms. The molecule has 0 fully saturated rings. The topological polar surface area (TPSA) is 31.9 Å². The van der Waals surface area contributed by atoms with E-state index in [1.807, 2.05) is 0 Å². The van der Waals surface area contributed by atoms with Gasteiger partial charge in [-0.05, 0) is 49.9 Å². The Morgan fingerprint density at radius 3 is 2.53 bits per heavy atom. The second-order valence-electron chi connectivity index (χ2n) is 5.80. The molecule has 1 aliphatic rings. The van der Waals surface area contributed by atoms with Crippen LogP contribution < -0.4 is 0 Å². The number of hydrogen-bond acceptors (Lipinski definition) is 2. The molecule has 0 radical (unpaired) electrons. The van der Waals surface area contributed by atoms with Gasteiger partial charge in [-0.3, -0.25) is 0 Å². The molecule has 2 heterocycles. The molecule has 0 saturated heterocycles. The van der Waals surface area contributed by atoms with Crippen LogP contribution in [0.3, 0.4) is 0 Å². The van der Waals surface area contributed by atoms with Gasteiger partial charge in [0.2, 0.25) is 0 Å². The minimum atomic E-state index is 0.643. The lowest BCUT2D eigenvalue weighted by atomic mass is 10.0. The van der Waals surface area contributed by atoms with Crippen LogP contribution in [0.25, 0.3) is 11.0 Å². The first-order valence-electron chi connectivity index (χ1n) is 7.42. The van der Waals surface area contributed by atoms with Crippen molar-refractivity contribution >= 4 is 11.0 Å². The van der Waals surface area contributed by atoms with Crippen molar-refractivity contribution in [3.05, 3.63) is 29.1 Å². The number of benzene rings is 1. The van der Waals surface area contributed by atoms with Crippen LogP contribution in [0, 0.1) is 0 Å². The standard InChI is InChI=1S/C16H23N3/c1-4-16-17-14-9-12-5-7-19(11(2)3)8-6-13(12)10-15(14)18-16/h9-11H,4-8H2,1-3H3,(H,17,18). The zero-order valence-electron chi connectivity index (χ0n) is 12.2. The molecule has 19 heavy (non-hydrogen) atoms. The van der Waals surface area contributed by atoms with E-state index in [9.17, 15) is 0 Å². The maximum absolute atomic E-state index is 4.65. The van der Waals surface area contributed by atoms with E-state index in [0.29, 0.717) is 6.04 Å². The Morgan fingerprint density at radius 2 is 1.89 bits per heavy atom. The molecule has 3 nitrogen and oxygen atoms in total. The summed E-state index contributed by atoms with van der Waals surface area (Å²) < 4.78 is 0. The maximum Gasteiger partial charge on any atom is 0.106 e. The predicted octanol–water partition coefficient (Wildman–Crippen LogP) is 2.93. The predicted molar refractivity (Wildman–Crippen MR) is 79.6 cm³/mol. The zero-order chi connectivity index (χ0) is 13.4. The van der Waals surface area contributed by atoms with E-state index in [4.69, 9.17) is 0 Å². The molecule has 3 rings (SSSR count). The Hall–Kier alpha value is -1.35. The third-order valence-corrected chi connectivity index (χ3v) is 4.25. The van der Waals surface area contributed by atoms with Gasteiger partial charge in [0.15, 0.2) is 0 Å². The number of aryl methyl sites for hydroxylation is 1. The van der Waals surface area contributed by atoms with Crippen molar-refractivity contribution < 1.29 is 0 Å². The molecule has 0 unspecified atom stereocenters. The highest BCUT2D eigenvalue weighted by molar-refractivity contribution is 5.77. The summed E-state index contributed by atoms with van der Waals surface area (Å²) in [5.41, 5.74) is 5.33. The fraction of sp³-hybridized carbons (Fsp3) is 0.562. The lowest BCUT2D eigenvalue weighted by molar-refractivity contribution is 0.233. The van der Waals surface area contributed by atoms with Gasteiger partial charge in [-0.2, -0.15) is 0 Å². The van der Waals surface area contributed by atoms with E-state index >= 15 is 0 Å². The highest BCUT2D eigenvalue weighted by Crippen LogP contribution is 2.23. The van der Waals surface area contributed by atoms with Gasteiger partial charge in [0.05, 0.1) is 11.0 Å². The number of hydrogen-bond donors (Lipinski definition) is 1. The average Bonchev–Trinajstić information content (AvgIpc) is 2.67. The summed E-state index contributed by atoms with van der Waals surface area (Å²) in [6, 6.07) is 5.26. The van der Waals surface area contributed by atoms with Gasteiger partial charge in [0.1, 0.15) is 5.82 Å². The third kappa shape index (κ3) is 2.39. The fourth-order valence-electron chi connectivity index (χ4n) is 2.99. The highest BCUT2D eigenvalue weighted by Gasteiger charge is 2.17. The molecule has 1 aromatic carbocycles. The van der Waals surface area contributed by atoms with Gasteiger partial charge in [-0.25, -0.2) is 4.98 Å². The van der Waals surface area contributed by atoms with Crippen molar-refractivity contribution in [2.24, 2.45) is 0 Å². The monoisotopic (exact) mass is 257 g/mol. The van der Waals surface area contributed by atoms with Crippen molar-refractivity contribution in [2.75, 3.05) is 13.1 Å². The fourth-order valence-corrected chi connectivity index (χ4v) is 2.99. The smallest absolute Gasteiger partial charge is 0.106 e. The van der Waals surface area contributed by atoms with Gasteiger partial charge in [0, 0.05) is 25.6 Å². The van der Waals surface area contributed by atoms with Gasteiger partial charge >= 0.3 is 0 Å². The zero-order valence-corrected chi connectivity index (χ0v) is 12.2. The third-order valence-electron chi connectivity index (χ3n) is 4.25. The van der Waals surface area contributed by atoms with Crippen LogP contribution in [0.1, 0.15) is 37.7 Å². The van der Waals surface area contributed by atoms with Crippen LogP contribution in [0.4, 0.5) is 0 Å². The Kier molecular flexibility index (Phi) is 3.31. The minimum Gasteiger partial charge on any atom is -0.342 e.